The fourth-order valence-electron chi connectivity index (χ4n) is 1.41. The molecule has 0 amide bonds. The molecule has 92 valence electrons. The molecule has 0 aromatic heterocycles. The third-order valence-electron chi connectivity index (χ3n) is 2.37. The number of ether oxygens (including phenoxy) is 1. The van der Waals surface area contributed by atoms with Gasteiger partial charge in [-0.15, -0.1) is 0 Å². The first-order valence-corrected chi connectivity index (χ1v) is 5.96. The summed E-state index contributed by atoms with van der Waals surface area (Å²) in [6, 6.07) is 0. The third kappa shape index (κ3) is 10.2. The summed E-state index contributed by atoms with van der Waals surface area (Å²) in [7, 11) is 1.76. The lowest BCUT2D eigenvalue weighted by Crippen LogP contribution is -2.38. The maximum atomic E-state index is 5.08. The standard InChI is InChI=1S/C12H28N2O/c1-6-14(10-11-15-5)9-7-8-13-12(2,3)4/h13H,6-11H2,1-5H3. The molecule has 0 spiro atoms. The normalized spacial score (nSPS) is 12.4. The van der Waals surface area contributed by atoms with Crippen LogP contribution in [0.1, 0.15) is 34.1 Å². The highest BCUT2D eigenvalue weighted by Gasteiger charge is 2.08. The van der Waals surface area contributed by atoms with Crippen molar-refractivity contribution in [1.29, 1.82) is 0 Å². The molecule has 0 aromatic carbocycles. The maximum absolute atomic E-state index is 5.08. The van der Waals surface area contributed by atoms with Gasteiger partial charge in [-0.1, -0.05) is 6.92 Å². The fourth-order valence-corrected chi connectivity index (χ4v) is 1.41. The fraction of sp³-hybridized carbons (Fsp3) is 1.00. The van der Waals surface area contributed by atoms with Crippen molar-refractivity contribution in [3.63, 3.8) is 0 Å². The summed E-state index contributed by atoms with van der Waals surface area (Å²) in [5.74, 6) is 0. The lowest BCUT2D eigenvalue weighted by molar-refractivity contribution is 0.149. The van der Waals surface area contributed by atoms with E-state index in [4.69, 9.17) is 4.74 Å². The van der Waals surface area contributed by atoms with Crippen molar-refractivity contribution in [3.05, 3.63) is 0 Å². The van der Waals surface area contributed by atoms with Gasteiger partial charge < -0.3 is 15.0 Å². The van der Waals surface area contributed by atoms with Crippen LogP contribution in [0.3, 0.4) is 0 Å². The third-order valence-corrected chi connectivity index (χ3v) is 2.37. The summed E-state index contributed by atoms with van der Waals surface area (Å²) in [6.07, 6.45) is 1.20. The second-order valence-electron chi connectivity index (χ2n) is 4.96. The monoisotopic (exact) mass is 216 g/mol. The van der Waals surface area contributed by atoms with E-state index < -0.39 is 0 Å². The van der Waals surface area contributed by atoms with E-state index in [9.17, 15) is 0 Å². The Hall–Kier alpha value is -0.120. The first kappa shape index (κ1) is 14.9. The molecule has 15 heavy (non-hydrogen) atoms. The smallest absolute Gasteiger partial charge is 0.0589 e. The molecule has 0 unspecified atom stereocenters. The molecule has 0 aromatic rings. The Labute approximate surface area is 95.2 Å². The summed E-state index contributed by atoms with van der Waals surface area (Å²) in [5, 5.41) is 3.50. The Morgan fingerprint density at radius 2 is 1.87 bits per heavy atom. The van der Waals surface area contributed by atoms with Crippen LogP contribution in [0.2, 0.25) is 0 Å². The summed E-state index contributed by atoms with van der Waals surface area (Å²) >= 11 is 0. The minimum Gasteiger partial charge on any atom is -0.383 e. The Morgan fingerprint density at radius 1 is 1.20 bits per heavy atom. The molecule has 0 bridgehead atoms. The molecule has 3 heteroatoms. The Morgan fingerprint density at radius 3 is 2.33 bits per heavy atom. The number of hydrogen-bond donors (Lipinski definition) is 1. The van der Waals surface area contributed by atoms with Crippen LogP contribution >= 0.6 is 0 Å². The van der Waals surface area contributed by atoms with E-state index in [-0.39, 0.29) is 5.54 Å². The highest BCUT2D eigenvalue weighted by molar-refractivity contribution is 4.70. The molecule has 0 heterocycles. The van der Waals surface area contributed by atoms with Gasteiger partial charge in [-0.05, 0) is 46.8 Å². The molecular weight excluding hydrogens is 188 g/mol. The van der Waals surface area contributed by atoms with Crippen molar-refractivity contribution < 1.29 is 4.74 Å². The average molecular weight is 216 g/mol. The average Bonchev–Trinajstić information content (AvgIpc) is 2.15. The Bertz CT molecular complexity index is 143. The van der Waals surface area contributed by atoms with E-state index in [1.807, 2.05) is 0 Å². The van der Waals surface area contributed by atoms with Crippen molar-refractivity contribution in [2.75, 3.05) is 39.9 Å². The van der Waals surface area contributed by atoms with Crippen LogP contribution in [0.4, 0.5) is 0 Å². The van der Waals surface area contributed by atoms with E-state index in [1.165, 1.54) is 6.42 Å². The van der Waals surface area contributed by atoms with Crippen LogP contribution in [0.5, 0.6) is 0 Å². The lowest BCUT2D eigenvalue weighted by Gasteiger charge is -2.23. The molecule has 0 radical (unpaired) electrons. The molecule has 0 saturated heterocycles. The van der Waals surface area contributed by atoms with Gasteiger partial charge >= 0.3 is 0 Å². The molecule has 0 atom stereocenters. The van der Waals surface area contributed by atoms with Crippen molar-refractivity contribution in [1.82, 2.24) is 10.2 Å². The van der Waals surface area contributed by atoms with Gasteiger partial charge in [-0.2, -0.15) is 0 Å². The number of nitrogens with one attached hydrogen (secondary N) is 1. The SMILES string of the molecule is CCN(CCCNC(C)(C)C)CCOC. The maximum Gasteiger partial charge on any atom is 0.0589 e. The lowest BCUT2D eigenvalue weighted by atomic mass is 10.1. The van der Waals surface area contributed by atoms with Crippen molar-refractivity contribution in [2.45, 2.75) is 39.7 Å². The van der Waals surface area contributed by atoms with Crippen LogP contribution in [-0.4, -0.2) is 50.3 Å². The number of likely N-dealkylation sites (N-methyl/N-ethyl adjacent to an activating group) is 1. The van der Waals surface area contributed by atoms with Gasteiger partial charge in [0.2, 0.25) is 0 Å². The zero-order valence-corrected chi connectivity index (χ0v) is 11.1. The predicted octanol–water partition coefficient (Wildman–Crippen LogP) is 1.73. The van der Waals surface area contributed by atoms with E-state index in [0.29, 0.717) is 0 Å². The molecule has 1 N–H and O–H groups in total. The first-order chi connectivity index (χ1) is 6.99. The summed E-state index contributed by atoms with van der Waals surface area (Å²) in [4.78, 5) is 2.42. The van der Waals surface area contributed by atoms with Crippen LogP contribution in [0.25, 0.3) is 0 Å². The minimum atomic E-state index is 0.240. The van der Waals surface area contributed by atoms with E-state index in [1.54, 1.807) is 7.11 Å². The second kappa shape index (κ2) is 8.08. The zero-order chi connectivity index (χ0) is 11.7. The van der Waals surface area contributed by atoms with E-state index in [0.717, 1.165) is 32.8 Å². The summed E-state index contributed by atoms with van der Waals surface area (Å²) in [6.45, 7) is 14.0. The van der Waals surface area contributed by atoms with Crippen molar-refractivity contribution >= 4 is 0 Å². The van der Waals surface area contributed by atoms with Gasteiger partial charge in [0.25, 0.3) is 0 Å². The van der Waals surface area contributed by atoms with Crippen LogP contribution in [-0.2, 0) is 4.74 Å². The Balaban J connectivity index is 3.46. The molecule has 0 aliphatic carbocycles. The van der Waals surface area contributed by atoms with Gasteiger partial charge in [-0.3, -0.25) is 0 Å². The molecular formula is C12H28N2O. The van der Waals surface area contributed by atoms with Crippen LogP contribution in [0, 0.1) is 0 Å². The molecule has 0 rings (SSSR count). The van der Waals surface area contributed by atoms with Gasteiger partial charge in [0.1, 0.15) is 0 Å². The zero-order valence-electron chi connectivity index (χ0n) is 11.1. The van der Waals surface area contributed by atoms with Gasteiger partial charge in [0.05, 0.1) is 6.61 Å². The van der Waals surface area contributed by atoms with Crippen LogP contribution in [0.15, 0.2) is 0 Å². The number of rotatable bonds is 8. The number of nitrogens with zero attached hydrogens (tertiary/aromatic N) is 1. The summed E-state index contributed by atoms with van der Waals surface area (Å²) < 4.78 is 5.08. The first-order valence-electron chi connectivity index (χ1n) is 5.96. The number of hydrogen-bond acceptors (Lipinski definition) is 3. The molecule has 0 aliphatic rings. The minimum absolute atomic E-state index is 0.240. The topological polar surface area (TPSA) is 24.5 Å². The molecule has 0 saturated carbocycles. The highest BCUT2D eigenvalue weighted by atomic mass is 16.5. The Kier molecular flexibility index (Phi) is 8.02. The summed E-state index contributed by atoms with van der Waals surface area (Å²) in [5.41, 5.74) is 0.240. The van der Waals surface area contributed by atoms with Crippen molar-refractivity contribution in [2.24, 2.45) is 0 Å². The van der Waals surface area contributed by atoms with Crippen LogP contribution < -0.4 is 5.32 Å². The van der Waals surface area contributed by atoms with Gasteiger partial charge in [0, 0.05) is 19.2 Å². The molecule has 3 nitrogen and oxygen atoms in total. The molecule has 0 fully saturated rings. The number of methoxy groups -OCH3 is 1. The second-order valence-corrected chi connectivity index (χ2v) is 4.96. The largest absolute Gasteiger partial charge is 0.383 e. The van der Waals surface area contributed by atoms with E-state index in [2.05, 4.69) is 37.9 Å². The molecule has 0 aliphatic heterocycles. The van der Waals surface area contributed by atoms with Gasteiger partial charge in [0.15, 0.2) is 0 Å². The predicted molar refractivity (Wildman–Crippen MR) is 66.4 cm³/mol. The highest BCUT2D eigenvalue weighted by Crippen LogP contribution is 1.98. The van der Waals surface area contributed by atoms with Gasteiger partial charge in [-0.25, -0.2) is 0 Å². The van der Waals surface area contributed by atoms with E-state index >= 15 is 0 Å². The van der Waals surface area contributed by atoms with Crippen molar-refractivity contribution in [3.8, 4) is 0 Å². The quantitative estimate of drug-likeness (QED) is 0.625.